The molecule has 0 aliphatic heterocycles. The first-order chi connectivity index (χ1) is 9.49. The van der Waals surface area contributed by atoms with Crippen molar-refractivity contribution in [2.24, 2.45) is 0 Å². The molecule has 0 fully saturated rings. The highest BCUT2D eigenvalue weighted by Crippen LogP contribution is 2.26. The van der Waals surface area contributed by atoms with Crippen molar-refractivity contribution in [1.82, 2.24) is 0 Å². The van der Waals surface area contributed by atoms with E-state index in [2.05, 4.69) is 5.32 Å². The molecule has 0 atom stereocenters. The molecule has 0 unspecified atom stereocenters. The zero-order valence-corrected chi connectivity index (χ0v) is 11.4. The van der Waals surface area contributed by atoms with Crippen LogP contribution in [-0.2, 0) is 6.54 Å². The third-order valence-corrected chi connectivity index (χ3v) is 3.21. The maximum atomic E-state index is 13.6. The SMILES string of the molecule is Cc1c(NCc2cc(Cl)ccc2F)cccc1[N+](=O)[O-]. The summed E-state index contributed by atoms with van der Waals surface area (Å²) in [5.41, 5.74) is 1.54. The second-order valence-electron chi connectivity index (χ2n) is 4.30. The molecule has 1 N–H and O–H groups in total. The van der Waals surface area contributed by atoms with Gasteiger partial charge in [-0.1, -0.05) is 17.7 Å². The lowest BCUT2D eigenvalue weighted by molar-refractivity contribution is -0.385. The summed E-state index contributed by atoms with van der Waals surface area (Å²) < 4.78 is 13.6. The molecule has 0 spiro atoms. The molecular weight excluding hydrogens is 283 g/mol. The van der Waals surface area contributed by atoms with Crippen molar-refractivity contribution in [2.45, 2.75) is 13.5 Å². The predicted octanol–water partition coefficient (Wildman–Crippen LogP) is 4.31. The van der Waals surface area contributed by atoms with Crippen LogP contribution in [0.25, 0.3) is 0 Å². The Morgan fingerprint density at radius 2 is 2.10 bits per heavy atom. The van der Waals surface area contributed by atoms with Gasteiger partial charge in [0.05, 0.1) is 4.92 Å². The molecule has 2 rings (SSSR count). The van der Waals surface area contributed by atoms with Gasteiger partial charge >= 0.3 is 0 Å². The number of nitrogens with one attached hydrogen (secondary N) is 1. The molecule has 0 aliphatic carbocycles. The van der Waals surface area contributed by atoms with E-state index in [4.69, 9.17) is 11.6 Å². The van der Waals surface area contributed by atoms with E-state index in [1.165, 1.54) is 24.3 Å². The summed E-state index contributed by atoms with van der Waals surface area (Å²) >= 11 is 5.81. The summed E-state index contributed by atoms with van der Waals surface area (Å²) in [5, 5.41) is 14.3. The summed E-state index contributed by atoms with van der Waals surface area (Å²) in [4.78, 5) is 10.4. The smallest absolute Gasteiger partial charge is 0.274 e. The van der Waals surface area contributed by atoms with Crippen molar-refractivity contribution in [3.05, 3.63) is 68.5 Å². The minimum Gasteiger partial charge on any atom is -0.380 e. The van der Waals surface area contributed by atoms with E-state index in [1.54, 1.807) is 19.1 Å². The van der Waals surface area contributed by atoms with Crippen LogP contribution in [0.4, 0.5) is 15.8 Å². The fourth-order valence-corrected chi connectivity index (χ4v) is 2.08. The summed E-state index contributed by atoms with van der Waals surface area (Å²) in [7, 11) is 0. The van der Waals surface area contributed by atoms with Crippen molar-refractivity contribution < 1.29 is 9.31 Å². The Bertz CT molecular complexity index is 662. The standard InChI is InChI=1S/C14H12ClFN2O2/c1-9-13(3-2-4-14(9)18(19)20)17-8-10-7-11(15)5-6-12(10)16/h2-7,17H,8H2,1H3. The minimum absolute atomic E-state index is 0.0292. The van der Waals surface area contributed by atoms with Gasteiger partial charge in [0.2, 0.25) is 0 Å². The van der Waals surface area contributed by atoms with Crippen LogP contribution >= 0.6 is 11.6 Å². The molecule has 0 bridgehead atoms. The number of benzene rings is 2. The molecule has 6 heteroatoms. The molecule has 104 valence electrons. The monoisotopic (exact) mass is 294 g/mol. The first-order valence-electron chi connectivity index (χ1n) is 5.91. The summed E-state index contributed by atoms with van der Waals surface area (Å²) in [5.74, 6) is -0.370. The van der Waals surface area contributed by atoms with Crippen LogP contribution in [-0.4, -0.2) is 4.92 Å². The van der Waals surface area contributed by atoms with Crippen LogP contribution in [0.3, 0.4) is 0 Å². The molecule has 0 saturated carbocycles. The molecular formula is C14H12ClFN2O2. The van der Waals surface area contributed by atoms with Crippen LogP contribution in [0.1, 0.15) is 11.1 Å². The molecule has 2 aromatic rings. The van der Waals surface area contributed by atoms with Crippen LogP contribution in [0.5, 0.6) is 0 Å². The van der Waals surface area contributed by atoms with Gasteiger partial charge in [0.25, 0.3) is 5.69 Å². The Morgan fingerprint density at radius 1 is 1.35 bits per heavy atom. The molecule has 4 nitrogen and oxygen atoms in total. The molecule has 2 aromatic carbocycles. The van der Waals surface area contributed by atoms with E-state index in [1.807, 2.05) is 0 Å². The number of nitrogens with zero attached hydrogens (tertiary/aromatic N) is 1. The number of nitro benzene ring substituents is 1. The predicted molar refractivity (Wildman–Crippen MR) is 76.6 cm³/mol. The number of anilines is 1. The lowest BCUT2D eigenvalue weighted by atomic mass is 10.1. The fourth-order valence-electron chi connectivity index (χ4n) is 1.88. The maximum absolute atomic E-state index is 13.6. The summed E-state index contributed by atoms with van der Waals surface area (Å²) in [6.07, 6.45) is 0. The highest BCUT2D eigenvalue weighted by molar-refractivity contribution is 6.30. The van der Waals surface area contributed by atoms with E-state index in [0.29, 0.717) is 21.8 Å². The van der Waals surface area contributed by atoms with Crippen molar-refractivity contribution >= 4 is 23.0 Å². The van der Waals surface area contributed by atoms with E-state index < -0.39 is 4.92 Å². The number of nitro groups is 1. The molecule has 0 saturated heterocycles. The van der Waals surface area contributed by atoms with E-state index >= 15 is 0 Å². The first kappa shape index (κ1) is 14.3. The van der Waals surface area contributed by atoms with Crippen LogP contribution in [0, 0.1) is 22.9 Å². The zero-order valence-electron chi connectivity index (χ0n) is 10.7. The molecule has 0 amide bonds. The average Bonchev–Trinajstić information content (AvgIpc) is 2.41. The summed E-state index contributed by atoms with van der Waals surface area (Å²) in [6, 6.07) is 9.02. The first-order valence-corrected chi connectivity index (χ1v) is 6.28. The molecule has 0 aromatic heterocycles. The van der Waals surface area contributed by atoms with Gasteiger partial charge < -0.3 is 5.32 Å². The van der Waals surface area contributed by atoms with Gasteiger partial charge in [0.1, 0.15) is 5.82 Å². The fraction of sp³-hybridized carbons (Fsp3) is 0.143. The van der Waals surface area contributed by atoms with E-state index in [0.717, 1.165) is 0 Å². The zero-order chi connectivity index (χ0) is 14.7. The topological polar surface area (TPSA) is 55.2 Å². The molecule has 0 aliphatic rings. The number of rotatable bonds is 4. The van der Waals surface area contributed by atoms with Crippen molar-refractivity contribution in [1.29, 1.82) is 0 Å². The van der Waals surface area contributed by atoms with Gasteiger partial charge in [-0.2, -0.15) is 0 Å². The van der Waals surface area contributed by atoms with Crippen molar-refractivity contribution in [3.8, 4) is 0 Å². The second kappa shape index (κ2) is 5.88. The van der Waals surface area contributed by atoms with Crippen LogP contribution in [0.2, 0.25) is 5.02 Å². The molecule has 0 radical (unpaired) electrons. The highest BCUT2D eigenvalue weighted by atomic mass is 35.5. The van der Waals surface area contributed by atoms with Gasteiger partial charge in [0.15, 0.2) is 0 Å². The van der Waals surface area contributed by atoms with E-state index in [-0.39, 0.29) is 18.0 Å². The van der Waals surface area contributed by atoms with Gasteiger partial charge in [-0.25, -0.2) is 4.39 Å². The quantitative estimate of drug-likeness (QED) is 0.675. The number of hydrogen-bond acceptors (Lipinski definition) is 3. The Kier molecular flexibility index (Phi) is 4.20. The maximum Gasteiger partial charge on any atom is 0.274 e. The van der Waals surface area contributed by atoms with Gasteiger partial charge in [-0.05, 0) is 31.2 Å². The summed E-state index contributed by atoms with van der Waals surface area (Å²) in [6.45, 7) is 1.85. The lowest BCUT2D eigenvalue weighted by Crippen LogP contribution is -2.04. The number of halogens is 2. The average molecular weight is 295 g/mol. The van der Waals surface area contributed by atoms with Crippen LogP contribution < -0.4 is 5.32 Å². The lowest BCUT2D eigenvalue weighted by Gasteiger charge is -2.10. The minimum atomic E-state index is -0.444. The van der Waals surface area contributed by atoms with Gasteiger partial charge in [-0.15, -0.1) is 0 Å². The van der Waals surface area contributed by atoms with Crippen molar-refractivity contribution in [3.63, 3.8) is 0 Å². The third kappa shape index (κ3) is 3.05. The van der Waals surface area contributed by atoms with Gasteiger partial charge in [0, 0.05) is 34.4 Å². The third-order valence-electron chi connectivity index (χ3n) is 2.98. The van der Waals surface area contributed by atoms with Crippen molar-refractivity contribution in [2.75, 3.05) is 5.32 Å². The Balaban J connectivity index is 2.21. The molecule has 0 heterocycles. The number of hydrogen-bond donors (Lipinski definition) is 1. The Hall–Kier alpha value is -2.14. The normalized spacial score (nSPS) is 10.3. The second-order valence-corrected chi connectivity index (χ2v) is 4.73. The molecule has 20 heavy (non-hydrogen) atoms. The Morgan fingerprint density at radius 3 is 2.80 bits per heavy atom. The van der Waals surface area contributed by atoms with Crippen LogP contribution in [0.15, 0.2) is 36.4 Å². The van der Waals surface area contributed by atoms with Gasteiger partial charge in [-0.3, -0.25) is 10.1 Å². The largest absolute Gasteiger partial charge is 0.380 e. The Labute approximate surface area is 120 Å². The van der Waals surface area contributed by atoms with E-state index in [9.17, 15) is 14.5 Å². The highest BCUT2D eigenvalue weighted by Gasteiger charge is 2.13.